The molecule has 3 aromatic carbocycles. The van der Waals surface area contributed by atoms with Crippen molar-refractivity contribution in [1.82, 2.24) is 4.98 Å². The van der Waals surface area contributed by atoms with Gasteiger partial charge in [-0.15, -0.1) is 0 Å². The number of methoxy groups -OCH3 is 1. The molecule has 0 aliphatic heterocycles. The number of hydrogen-bond donors (Lipinski definition) is 1. The van der Waals surface area contributed by atoms with Crippen molar-refractivity contribution in [3.63, 3.8) is 0 Å². The number of benzene rings is 3. The van der Waals surface area contributed by atoms with Gasteiger partial charge in [0.25, 0.3) is 5.91 Å². The van der Waals surface area contributed by atoms with Gasteiger partial charge in [0.2, 0.25) is 0 Å². The number of unbranched alkanes of at least 4 members (excludes halogenated alkanes) is 1. The third kappa shape index (κ3) is 4.00. The highest BCUT2D eigenvalue weighted by Gasteiger charge is 2.19. The highest BCUT2D eigenvalue weighted by atomic mass is 79.9. The highest BCUT2D eigenvalue weighted by Crippen LogP contribution is 2.37. The number of nitrogens with one attached hydrogen (secondary N) is 1. The third-order valence-electron chi connectivity index (χ3n) is 4.88. The number of rotatable bonds is 6. The third-order valence-corrected chi connectivity index (χ3v) is 6.60. The first-order valence-corrected chi connectivity index (χ1v) is 11.2. The zero-order valence-corrected chi connectivity index (χ0v) is 18.7. The molecule has 0 bridgehead atoms. The molecule has 0 aliphatic carbocycles. The molecule has 148 valence electrons. The fourth-order valence-electron chi connectivity index (χ4n) is 3.38. The monoisotopic (exact) mass is 468 g/mol. The van der Waals surface area contributed by atoms with Gasteiger partial charge in [-0.3, -0.25) is 10.1 Å². The fourth-order valence-corrected chi connectivity index (χ4v) is 5.04. The summed E-state index contributed by atoms with van der Waals surface area (Å²) >= 11 is 5.08. The molecular weight excluding hydrogens is 448 g/mol. The molecule has 4 nitrogen and oxygen atoms in total. The largest absolute Gasteiger partial charge is 0.495 e. The summed E-state index contributed by atoms with van der Waals surface area (Å²) in [7, 11) is 1.57. The summed E-state index contributed by atoms with van der Waals surface area (Å²) in [4.78, 5) is 17.6. The Labute approximate surface area is 182 Å². The maximum absolute atomic E-state index is 13.0. The highest BCUT2D eigenvalue weighted by molar-refractivity contribution is 9.10. The number of aryl methyl sites for hydroxylation is 1. The molecule has 29 heavy (non-hydrogen) atoms. The molecule has 1 amide bonds. The van der Waals surface area contributed by atoms with E-state index in [1.165, 1.54) is 29.7 Å². The van der Waals surface area contributed by atoms with Crippen molar-refractivity contribution in [3.05, 3.63) is 64.1 Å². The molecule has 1 aromatic heterocycles. The minimum absolute atomic E-state index is 0.237. The fraction of sp³-hybridized carbons (Fsp3) is 0.217. The second kappa shape index (κ2) is 8.51. The van der Waals surface area contributed by atoms with Crippen LogP contribution in [-0.4, -0.2) is 18.0 Å². The zero-order chi connectivity index (χ0) is 20.4. The number of carbonyl (C=O) groups is 1. The van der Waals surface area contributed by atoms with Gasteiger partial charge in [0, 0.05) is 0 Å². The van der Waals surface area contributed by atoms with Gasteiger partial charge in [-0.1, -0.05) is 55.0 Å². The van der Waals surface area contributed by atoms with Gasteiger partial charge in [0.05, 0.1) is 27.4 Å². The van der Waals surface area contributed by atoms with Crippen LogP contribution in [-0.2, 0) is 6.42 Å². The molecule has 0 aliphatic rings. The van der Waals surface area contributed by atoms with E-state index in [9.17, 15) is 4.79 Å². The number of anilines is 1. The summed E-state index contributed by atoms with van der Waals surface area (Å²) in [6, 6.07) is 16.1. The van der Waals surface area contributed by atoms with Crippen LogP contribution in [0.25, 0.3) is 21.0 Å². The lowest BCUT2D eigenvalue weighted by atomic mass is 10.1. The topological polar surface area (TPSA) is 51.2 Å². The molecule has 0 radical (unpaired) electrons. The van der Waals surface area contributed by atoms with Crippen molar-refractivity contribution in [2.75, 3.05) is 12.4 Å². The van der Waals surface area contributed by atoms with Gasteiger partial charge in [-0.25, -0.2) is 4.98 Å². The molecule has 4 rings (SSSR count). The van der Waals surface area contributed by atoms with Crippen molar-refractivity contribution < 1.29 is 9.53 Å². The second-order valence-electron chi connectivity index (χ2n) is 6.87. The Morgan fingerprint density at radius 2 is 2.03 bits per heavy atom. The van der Waals surface area contributed by atoms with Gasteiger partial charge in [0.1, 0.15) is 5.75 Å². The average Bonchev–Trinajstić information content (AvgIpc) is 3.13. The van der Waals surface area contributed by atoms with E-state index in [1.807, 2.05) is 36.4 Å². The molecule has 6 heteroatoms. The molecule has 0 atom stereocenters. The number of fused-ring (bicyclic) bond motifs is 2. The number of aromatic nitrogens is 1. The van der Waals surface area contributed by atoms with E-state index in [1.54, 1.807) is 7.11 Å². The summed E-state index contributed by atoms with van der Waals surface area (Å²) < 4.78 is 7.39. The van der Waals surface area contributed by atoms with Crippen molar-refractivity contribution >= 4 is 59.3 Å². The summed E-state index contributed by atoms with van der Waals surface area (Å²) in [6.45, 7) is 2.19. The molecule has 0 saturated carbocycles. The summed E-state index contributed by atoms with van der Waals surface area (Å²) in [5.74, 6) is 0.280. The van der Waals surface area contributed by atoms with Gasteiger partial charge in [-0.05, 0) is 63.3 Å². The average molecular weight is 469 g/mol. The SMILES string of the molecule is CCCCc1ccc2nc(NC(=O)c3cc4ccccc4c(Br)c3OC)sc2c1. The predicted molar refractivity (Wildman–Crippen MR) is 124 cm³/mol. The molecule has 0 unspecified atom stereocenters. The van der Waals surface area contributed by atoms with E-state index >= 15 is 0 Å². The first-order chi connectivity index (χ1) is 14.1. The Morgan fingerprint density at radius 1 is 1.21 bits per heavy atom. The van der Waals surface area contributed by atoms with Crippen LogP contribution in [0.3, 0.4) is 0 Å². The van der Waals surface area contributed by atoms with Gasteiger partial charge in [0.15, 0.2) is 5.13 Å². The summed E-state index contributed by atoms with van der Waals surface area (Å²) in [5.41, 5.74) is 2.68. The Bertz CT molecular complexity index is 1200. The maximum Gasteiger partial charge on any atom is 0.261 e. The van der Waals surface area contributed by atoms with Crippen molar-refractivity contribution in [2.24, 2.45) is 0 Å². The van der Waals surface area contributed by atoms with Gasteiger partial charge < -0.3 is 4.74 Å². The second-order valence-corrected chi connectivity index (χ2v) is 8.69. The quantitative estimate of drug-likeness (QED) is 0.337. The van der Waals surface area contributed by atoms with Crippen LogP contribution < -0.4 is 10.1 Å². The molecule has 0 fully saturated rings. The Balaban J connectivity index is 1.65. The number of ether oxygens (including phenoxy) is 1. The van der Waals surface area contributed by atoms with E-state index < -0.39 is 0 Å². The van der Waals surface area contributed by atoms with Crippen LogP contribution in [0.4, 0.5) is 5.13 Å². The lowest BCUT2D eigenvalue weighted by Gasteiger charge is -2.12. The number of amides is 1. The molecule has 1 heterocycles. The summed E-state index contributed by atoms with van der Waals surface area (Å²) in [6.07, 6.45) is 3.41. The Morgan fingerprint density at radius 3 is 2.83 bits per heavy atom. The first-order valence-electron chi connectivity index (χ1n) is 9.56. The summed E-state index contributed by atoms with van der Waals surface area (Å²) in [5, 5.41) is 5.50. The van der Waals surface area contributed by atoms with E-state index in [2.05, 4.69) is 45.3 Å². The molecule has 1 N–H and O–H groups in total. The standard InChI is InChI=1S/C23H21BrN2O2S/c1-3-4-7-14-10-11-18-19(12-14)29-23(25-18)26-22(27)17-13-15-8-5-6-9-16(15)20(24)21(17)28-2/h5-6,8-13H,3-4,7H2,1-2H3,(H,25,26,27). The van der Waals surface area contributed by atoms with Crippen LogP contribution >= 0.6 is 27.3 Å². The zero-order valence-electron chi connectivity index (χ0n) is 16.3. The van der Waals surface area contributed by atoms with Crippen LogP contribution in [0.2, 0.25) is 0 Å². The maximum atomic E-state index is 13.0. The molecule has 0 saturated heterocycles. The smallest absolute Gasteiger partial charge is 0.261 e. The number of thiazole rings is 1. The van der Waals surface area contributed by atoms with Gasteiger partial charge in [-0.2, -0.15) is 0 Å². The number of hydrogen-bond acceptors (Lipinski definition) is 4. The lowest BCUT2D eigenvalue weighted by molar-refractivity contribution is 0.102. The number of nitrogens with zero attached hydrogens (tertiary/aromatic N) is 1. The van der Waals surface area contributed by atoms with Gasteiger partial charge >= 0.3 is 0 Å². The molecular formula is C23H21BrN2O2S. The lowest BCUT2D eigenvalue weighted by Crippen LogP contribution is -2.13. The van der Waals surface area contributed by atoms with E-state index in [0.717, 1.165) is 31.9 Å². The Kier molecular flexibility index (Phi) is 5.83. The van der Waals surface area contributed by atoms with E-state index in [4.69, 9.17) is 4.74 Å². The number of carbonyl (C=O) groups excluding carboxylic acids is 1. The van der Waals surface area contributed by atoms with Crippen LogP contribution in [0.1, 0.15) is 35.7 Å². The molecule has 0 spiro atoms. The van der Waals surface area contributed by atoms with E-state index in [-0.39, 0.29) is 5.91 Å². The first kappa shape index (κ1) is 19.9. The van der Waals surface area contributed by atoms with Crippen LogP contribution in [0, 0.1) is 0 Å². The Hall–Kier alpha value is -2.44. The minimum atomic E-state index is -0.237. The van der Waals surface area contributed by atoms with E-state index in [0.29, 0.717) is 16.4 Å². The minimum Gasteiger partial charge on any atom is -0.495 e. The predicted octanol–water partition coefficient (Wildman–Crippen LogP) is 6.82. The van der Waals surface area contributed by atoms with Crippen molar-refractivity contribution in [3.8, 4) is 5.75 Å². The van der Waals surface area contributed by atoms with Crippen LogP contribution in [0.15, 0.2) is 53.0 Å². The van der Waals surface area contributed by atoms with Crippen molar-refractivity contribution in [1.29, 1.82) is 0 Å². The number of halogens is 1. The normalized spacial score (nSPS) is 11.1. The van der Waals surface area contributed by atoms with Crippen LogP contribution in [0.5, 0.6) is 5.75 Å². The molecule has 4 aromatic rings. The van der Waals surface area contributed by atoms with Crippen molar-refractivity contribution in [2.45, 2.75) is 26.2 Å².